The van der Waals surface area contributed by atoms with Gasteiger partial charge < -0.3 is 9.97 Å². The first-order valence-electron chi connectivity index (χ1n) is 16.2. The first-order chi connectivity index (χ1) is 23.8. The SMILES string of the molecule is C1=Cc2nc1c(-c1ccccc1)c1ccc([nH]1)c(-c1ccccc1)c1nc(c(-c3ccccc3)c3ccc([nH]3)c2-c2ccccc2)C=C1.Cl.[Mn]. The average molecular weight is 706 g/mol. The molecular weight excluding hydrogens is 675 g/mol. The van der Waals surface area contributed by atoms with E-state index in [1.165, 1.54) is 0 Å². The number of H-pyrrole nitrogens is 2. The van der Waals surface area contributed by atoms with Gasteiger partial charge in [0.15, 0.2) is 0 Å². The van der Waals surface area contributed by atoms with Crippen molar-refractivity contribution in [3.63, 3.8) is 0 Å². The van der Waals surface area contributed by atoms with Gasteiger partial charge in [0, 0.05) is 61.4 Å². The van der Waals surface area contributed by atoms with Gasteiger partial charge in [-0.3, -0.25) is 0 Å². The number of hydrogen-bond donors (Lipinski definition) is 2. The van der Waals surface area contributed by atoms with Gasteiger partial charge in [-0.15, -0.1) is 12.4 Å². The van der Waals surface area contributed by atoms with Crippen LogP contribution in [0, 0.1) is 0 Å². The number of fused-ring (bicyclic) bond motifs is 8. The molecule has 1 radical (unpaired) electrons. The molecule has 7 aromatic rings. The van der Waals surface area contributed by atoms with E-state index in [2.05, 4.69) is 156 Å². The minimum Gasteiger partial charge on any atom is -0.354 e. The fourth-order valence-electron chi connectivity index (χ4n) is 6.84. The minimum atomic E-state index is 0. The van der Waals surface area contributed by atoms with Gasteiger partial charge in [0.05, 0.1) is 22.8 Å². The number of nitrogens with zero attached hydrogens (tertiary/aromatic N) is 2. The predicted molar refractivity (Wildman–Crippen MR) is 208 cm³/mol. The monoisotopic (exact) mass is 705 g/mol. The van der Waals surface area contributed by atoms with E-state index in [1.807, 2.05) is 24.3 Å². The number of benzene rings is 4. The first-order valence-corrected chi connectivity index (χ1v) is 16.2. The molecule has 4 aromatic carbocycles. The zero-order valence-electron chi connectivity index (χ0n) is 26.8. The van der Waals surface area contributed by atoms with Crippen LogP contribution in [0.1, 0.15) is 22.8 Å². The summed E-state index contributed by atoms with van der Waals surface area (Å²) in [5.74, 6) is 0. The zero-order chi connectivity index (χ0) is 31.9. The van der Waals surface area contributed by atoms with E-state index in [0.717, 1.165) is 89.4 Å². The summed E-state index contributed by atoms with van der Waals surface area (Å²) in [5.41, 5.74) is 16.2. The van der Waals surface area contributed by atoms with Crippen molar-refractivity contribution < 1.29 is 17.1 Å². The van der Waals surface area contributed by atoms with Gasteiger partial charge >= 0.3 is 0 Å². The van der Waals surface area contributed by atoms with Crippen molar-refractivity contribution in [3.8, 4) is 44.5 Å². The molecule has 0 unspecified atom stereocenters. The number of rotatable bonds is 4. The Labute approximate surface area is 307 Å². The standard InChI is InChI=1S/C44H30N4.ClH.Mn/c1-5-13-29(14-6-1)41-33-21-23-35(45-33)42(30-15-7-2-8-16-30)37-25-27-39(47-37)44(32-19-11-4-12-20-32)40-28-26-38(48-40)43(31-17-9-3-10-18-31)36-24-22-34(41)46-36;;/h1-28,45,48H;1H;. The third kappa shape index (κ3) is 5.93. The number of aromatic nitrogens is 4. The second kappa shape index (κ2) is 14.0. The van der Waals surface area contributed by atoms with Crippen molar-refractivity contribution in [1.82, 2.24) is 19.9 Å². The summed E-state index contributed by atoms with van der Waals surface area (Å²) in [5, 5.41) is 0. The van der Waals surface area contributed by atoms with Crippen molar-refractivity contribution in [3.05, 3.63) is 168 Å². The fourth-order valence-corrected chi connectivity index (χ4v) is 6.84. The third-order valence-corrected chi connectivity index (χ3v) is 9.00. The molecular formula is C44H31ClMnN4. The van der Waals surface area contributed by atoms with Crippen LogP contribution in [0.5, 0.6) is 0 Å². The summed E-state index contributed by atoms with van der Waals surface area (Å²) in [6.45, 7) is 0. The van der Waals surface area contributed by atoms with Crippen LogP contribution in [0.25, 0.3) is 90.9 Å². The van der Waals surface area contributed by atoms with Crippen LogP contribution in [0.3, 0.4) is 0 Å². The van der Waals surface area contributed by atoms with Gasteiger partial charge in [-0.2, -0.15) is 0 Å². The molecule has 50 heavy (non-hydrogen) atoms. The Morgan fingerprint density at radius 1 is 0.300 bits per heavy atom. The molecule has 241 valence electrons. The van der Waals surface area contributed by atoms with Gasteiger partial charge in [-0.1, -0.05) is 121 Å². The number of hydrogen-bond acceptors (Lipinski definition) is 2. The van der Waals surface area contributed by atoms with Crippen molar-refractivity contribution in [2.45, 2.75) is 0 Å². The average Bonchev–Trinajstić information content (AvgIpc) is 3.98. The largest absolute Gasteiger partial charge is 0.354 e. The summed E-state index contributed by atoms with van der Waals surface area (Å²) in [4.78, 5) is 18.3. The van der Waals surface area contributed by atoms with Gasteiger partial charge in [-0.05, 0) is 70.8 Å². The summed E-state index contributed by atoms with van der Waals surface area (Å²) >= 11 is 0. The zero-order valence-corrected chi connectivity index (χ0v) is 28.8. The van der Waals surface area contributed by atoms with E-state index in [1.54, 1.807) is 0 Å². The first kappa shape index (κ1) is 32.8. The molecule has 0 saturated carbocycles. The molecule has 5 heterocycles. The van der Waals surface area contributed by atoms with E-state index in [-0.39, 0.29) is 29.5 Å². The van der Waals surface area contributed by atoms with E-state index < -0.39 is 0 Å². The van der Waals surface area contributed by atoms with Crippen molar-refractivity contribution in [1.29, 1.82) is 0 Å². The Balaban J connectivity index is 0.00000196. The molecule has 2 N–H and O–H groups in total. The molecule has 0 saturated heterocycles. The Morgan fingerprint density at radius 3 is 0.740 bits per heavy atom. The van der Waals surface area contributed by atoms with Crippen molar-refractivity contribution in [2.75, 3.05) is 0 Å². The van der Waals surface area contributed by atoms with Crippen LogP contribution >= 0.6 is 12.4 Å². The molecule has 4 nitrogen and oxygen atoms in total. The van der Waals surface area contributed by atoms with Crippen LogP contribution in [-0.4, -0.2) is 19.9 Å². The molecule has 8 bridgehead atoms. The molecule has 0 atom stereocenters. The molecule has 3 aromatic heterocycles. The maximum absolute atomic E-state index is 5.35. The molecule has 2 aliphatic rings. The second-order valence-corrected chi connectivity index (χ2v) is 12.0. The van der Waals surface area contributed by atoms with E-state index >= 15 is 0 Å². The van der Waals surface area contributed by atoms with Crippen LogP contribution in [0.2, 0.25) is 0 Å². The minimum absolute atomic E-state index is 0. The third-order valence-electron chi connectivity index (χ3n) is 9.00. The Morgan fingerprint density at radius 2 is 0.520 bits per heavy atom. The quantitative estimate of drug-likeness (QED) is 0.179. The predicted octanol–water partition coefficient (Wildman–Crippen LogP) is 11.7. The van der Waals surface area contributed by atoms with Crippen LogP contribution in [0.15, 0.2) is 146 Å². The Hall–Kier alpha value is -5.71. The molecule has 9 rings (SSSR count). The van der Waals surface area contributed by atoms with Crippen LogP contribution in [0.4, 0.5) is 0 Å². The molecule has 2 aliphatic heterocycles. The van der Waals surface area contributed by atoms with E-state index in [4.69, 9.17) is 9.97 Å². The summed E-state index contributed by atoms with van der Waals surface area (Å²) in [7, 11) is 0. The van der Waals surface area contributed by atoms with Gasteiger partial charge in [0.1, 0.15) is 0 Å². The van der Waals surface area contributed by atoms with E-state index in [9.17, 15) is 0 Å². The molecule has 0 spiro atoms. The molecule has 6 heteroatoms. The van der Waals surface area contributed by atoms with Crippen molar-refractivity contribution >= 4 is 58.8 Å². The molecule has 0 aliphatic carbocycles. The smallest absolute Gasteiger partial charge is 0.0737 e. The second-order valence-electron chi connectivity index (χ2n) is 12.0. The fraction of sp³-hybridized carbons (Fsp3) is 0. The number of aromatic amines is 2. The van der Waals surface area contributed by atoms with Gasteiger partial charge in [-0.25, -0.2) is 9.97 Å². The van der Waals surface area contributed by atoms with Crippen LogP contribution in [-0.2, 0) is 17.1 Å². The maximum atomic E-state index is 5.35. The summed E-state index contributed by atoms with van der Waals surface area (Å²) in [6.07, 6.45) is 8.54. The maximum Gasteiger partial charge on any atom is 0.0737 e. The van der Waals surface area contributed by atoms with E-state index in [0.29, 0.717) is 0 Å². The molecule has 0 amide bonds. The number of nitrogens with one attached hydrogen (secondary N) is 2. The normalized spacial score (nSPS) is 11.5. The Bertz CT molecular complexity index is 2190. The Kier molecular flexibility index (Phi) is 9.21. The molecule has 0 fully saturated rings. The van der Waals surface area contributed by atoms with Gasteiger partial charge in [0.2, 0.25) is 0 Å². The topological polar surface area (TPSA) is 57.4 Å². The van der Waals surface area contributed by atoms with Crippen molar-refractivity contribution in [2.24, 2.45) is 0 Å². The number of halogens is 1. The summed E-state index contributed by atoms with van der Waals surface area (Å²) in [6, 6.07) is 50.7. The van der Waals surface area contributed by atoms with Gasteiger partial charge in [0.25, 0.3) is 0 Å². The van der Waals surface area contributed by atoms with Crippen LogP contribution < -0.4 is 0 Å². The summed E-state index contributed by atoms with van der Waals surface area (Å²) < 4.78 is 0.